The number of hydrogen-bond acceptors (Lipinski definition) is 4. The van der Waals surface area contributed by atoms with E-state index in [9.17, 15) is 14.7 Å². The van der Waals surface area contributed by atoms with E-state index in [0.29, 0.717) is 12.3 Å². The molecule has 1 amide bonds. The second kappa shape index (κ2) is 8.13. The molecule has 0 aliphatic heterocycles. The van der Waals surface area contributed by atoms with Gasteiger partial charge in [-0.2, -0.15) is 0 Å². The van der Waals surface area contributed by atoms with Crippen LogP contribution in [0.2, 0.25) is 0 Å². The molecule has 0 unspecified atom stereocenters. The summed E-state index contributed by atoms with van der Waals surface area (Å²) in [6.45, 7) is 2.69. The van der Waals surface area contributed by atoms with Crippen molar-refractivity contribution >= 4 is 17.6 Å². The third-order valence-corrected chi connectivity index (χ3v) is 2.40. The molecule has 0 aliphatic rings. The van der Waals surface area contributed by atoms with Crippen LogP contribution >= 0.6 is 0 Å². The number of carboxylic acid groups (broad SMARTS) is 1. The third kappa shape index (κ3) is 6.45. The number of carbonyl (C=O) groups is 2. The largest absolute Gasteiger partial charge is 0.550 e. The molecule has 5 nitrogen and oxygen atoms in total. The second-order valence-electron chi connectivity index (χ2n) is 4.15. The highest BCUT2D eigenvalue weighted by Crippen LogP contribution is 2.16. The Kier molecular flexibility index (Phi) is 6.43. The minimum atomic E-state index is -1.13. The van der Waals surface area contributed by atoms with Crippen molar-refractivity contribution in [2.24, 2.45) is 0 Å². The average molecular weight is 264 g/mol. The molecule has 1 rings (SSSR count). The summed E-state index contributed by atoms with van der Waals surface area (Å²) in [4.78, 5) is 21.7. The summed E-state index contributed by atoms with van der Waals surface area (Å²) in [5.74, 6) is -0.578. The Morgan fingerprint density at radius 3 is 2.47 bits per heavy atom. The normalized spacial score (nSPS) is 9.95. The number of amides is 1. The van der Waals surface area contributed by atoms with Crippen LogP contribution in [0.5, 0.6) is 5.75 Å². The van der Waals surface area contributed by atoms with Gasteiger partial charge in [0.15, 0.2) is 0 Å². The maximum atomic E-state index is 11.5. The molecular formula is C14H18NO4-. The molecule has 0 bridgehead atoms. The Morgan fingerprint density at radius 1 is 1.21 bits per heavy atom. The predicted octanol–water partition coefficient (Wildman–Crippen LogP) is 1.33. The minimum absolute atomic E-state index is 0.1000. The first kappa shape index (κ1) is 15.0. The zero-order valence-electron chi connectivity index (χ0n) is 11.0. The Balaban J connectivity index is 2.35. The molecule has 104 valence electrons. The molecule has 0 aliphatic carbocycles. The lowest BCUT2D eigenvalue weighted by Crippen LogP contribution is -2.22. The van der Waals surface area contributed by atoms with E-state index in [2.05, 4.69) is 5.32 Å². The summed E-state index contributed by atoms with van der Waals surface area (Å²) < 4.78 is 5.42. The number of aliphatic carboxylic acids is 1. The van der Waals surface area contributed by atoms with Crippen LogP contribution in [-0.2, 0) is 9.59 Å². The van der Waals surface area contributed by atoms with E-state index in [4.69, 9.17) is 4.74 Å². The predicted molar refractivity (Wildman–Crippen MR) is 69.7 cm³/mol. The Bertz CT molecular complexity index is 414. The lowest BCUT2D eigenvalue weighted by molar-refractivity contribution is -0.305. The Labute approximate surface area is 112 Å². The second-order valence-corrected chi connectivity index (χ2v) is 4.15. The standard InChI is InChI=1S/C14H19NO4/c1-2-10-19-12-8-6-11(7-9-12)15-13(16)4-3-5-14(17)18/h6-9H,2-5,10H2,1H3,(H,15,16)(H,17,18)/p-1. The quantitative estimate of drug-likeness (QED) is 0.768. The van der Waals surface area contributed by atoms with E-state index in [1.165, 1.54) is 0 Å². The highest BCUT2D eigenvalue weighted by molar-refractivity contribution is 5.90. The summed E-state index contributed by atoms with van der Waals surface area (Å²) in [6, 6.07) is 7.07. The summed E-state index contributed by atoms with van der Waals surface area (Å²) in [6.07, 6.45) is 1.29. The van der Waals surface area contributed by atoms with E-state index >= 15 is 0 Å². The van der Waals surface area contributed by atoms with Gasteiger partial charge in [0.05, 0.1) is 6.61 Å². The highest BCUT2D eigenvalue weighted by Gasteiger charge is 2.02. The smallest absolute Gasteiger partial charge is 0.224 e. The van der Waals surface area contributed by atoms with Gasteiger partial charge in [0, 0.05) is 18.1 Å². The van der Waals surface area contributed by atoms with Gasteiger partial charge in [0.25, 0.3) is 0 Å². The molecule has 0 fully saturated rings. The van der Waals surface area contributed by atoms with Crippen LogP contribution in [0.25, 0.3) is 0 Å². The van der Waals surface area contributed by atoms with Gasteiger partial charge in [0.1, 0.15) is 5.75 Å². The number of benzene rings is 1. The fraction of sp³-hybridized carbons (Fsp3) is 0.429. The SMILES string of the molecule is CCCOc1ccc(NC(=O)CCCC(=O)[O-])cc1. The maximum absolute atomic E-state index is 11.5. The van der Waals surface area contributed by atoms with Gasteiger partial charge in [-0.1, -0.05) is 6.92 Å². The van der Waals surface area contributed by atoms with E-state index < -0.39 is 5.97 Å². The summed E-state index contributed by atoms with van der Waals surface area (Å²) in [5, 5.41) is 12.9. The van der Waals surface area contributed by atoms with Crippen LogP contribution in [0.15, 0.2) is 24.3 Å². The molecule has 1 aromatic carbocycles. The van der Waals surface area contributed by atoms with Gasteiger partial charge in [-0.3, -0.25) is 4.79 Å². The number of ether oxygens (including phenoxy) is 1. The topological polar surface area (TPSA) is 78.5 Å². The van der Waals surface area contributed by atoms with Crippen molar-refractivity contribution in [3.63, 3.8) is 0 Å². The summed E-state index contributed by atoms with van der Waals surface area (Å²) >= 11 is 0. The van der Waals surface area contributed by atoms with Crippen molar-refractivity contribution in [1.82, 2.24) is 0 Å². The van der Waals surface area contributed by atoms with Crippen molar-refractivity contribution in [2.45, 2.75) is 32.6 Å². The molecule has 0 radical (unpaired) electrons. The van der Waals surface area contributed by atoms with Gasteiger partial charge in [-0.25, -0.2) is 0 Å². The molecule has 1 aromatic rings. The molecular weight excluding hydrogens is 246 g/mol. The molecule has 5 heteroatoms. The van der Waals surface area contributed by atoms with Crippen LogP contribution in [0.1, 0.15) is 32.6 Å². The van der Waals surface area contributed by atoms with Crippen molar-refractivity contribution in [3.05, 3.63) is 24.3 Å². The molecule has 0 heterocycles. The summed E-state index contributed by atoms with van der Waals surface area (Å²) in [5.41, 5.74) is 0.669. The van der Waals surface area contributed by atoms with Gasteiger partial charge >= 0.3 is 0 Å². The minimum Gasteiger partial charge on any atom is -0.550 e. The fourth-order valence-corrected chi connectivity index (χ4v) is 1.47. The van der Waals surface area contributed by atoms with Gasteiger partial charge in [-0.05, 0) is 43.5 Å². The molecule has 0 aromatic heterocycles. The lowest BCUT2D eigenvalue weighted by atomic mass is 10.2. The van der Waals surface area contributed by atoms with Crippen molar-refractivity contribution in [1.29, 1.82) is 0 Å². The first-order valence-corrected chi connectivity index (χ1v) is 6.34. The zero-order chi connectivity index (χ0) is 14.1. The summed E-state index contributed by atoms with van der Waals surface area (Å²) in [7, 11) is 0. The molecule has 0 spiro atoms. The van der Waals surface area contributed by atoms with Gasteiger partial charge < -0.3 is 20.0 Å². The highest BCUT2D eigenvalue weighted by atomic mass is 16.5. The average Bonchev–Trinajstić information content (AvgIpc) is 2.37. The van der Waals surface area contributed by atoms with E-state index in [0.717, 1.165) is 12.2 Å². The van der Waals surface area contributed by atoms with Crippen LogP contribution in [0.4, 0.5) is 5.69 Å². The lowest BCUT2D eigenvalue weighted by Gasteiger charge is -2.08. The van der Waals surface area contributed by atoms with Crippen LogP contribution in [-0.4, -0.2) is 18.5 Å². The molecule has 1 N–H and O–H groups in total. The van der Waals surface area contributed by atoms with Gasteiger partial charge in [-0.15, -0.1) is 0 Å². The molecule has 19 heavy (non-hydrogen) atoms. The van der Waals surface area contributed by atoms with Crippen LogP contribution in [0.3, 0.4) is 0 Å². The van der Waals surface area contributed by atoms with Crippen molar-refractivity contribution in [2.75, 3.05) is 11.9 Å². The number of anilines is 1. The Hall–Kier alpha value is -2.04. The molecule has 0 saturated carbocycles. The maximum Gasteiger partial charge on any atom is 0.224 e. The van der Waals surface area contributed by atoms with Gasteiger partial charge in [0.2, 0.25) is 5.91 Å². The number of hydrogen-bond donors (Lipinski definition) is 1. The molecule has 0 saturated heterocycles. The monoisotopic (exact) mass is 264 g/mol. The fourth-order valence-electron chi connectivity index (χ4n) is 1.47. The van der Waals surface area contributed by atoms with Crippen LogP contribution in [0, 0.1) is 0 Å². The third-order valence-electron chi connectivity index (χ3n) is 2.40. The van der Waals surface area contributed by atoms with E-state index in [1.54, 1.807) is 24.3 Å². The Morgan fingerprint density at radius 2 is 1.89 bits per heavy atom. The first-order valence-electron chi connectivity index (χ1n) is 6.34. The van der Waals surface area contributed by atoms with E-state index in [-0.39, 0.29) is 25.2 Å². The van der Waals surface area contributed by atoms with Crippen molar-refractivity contribution in [3.8, 4) is 5.75 Å². The number of carboxylic acids is 1. The zero-order valence-corrected chi connectivity index (χ0v) is 11.0. The number of rotatable bonds is 8. The first-order chi connectivity index (χ1) is 9.11. The molecule has 0 atom stereocenters. The van der Waals surface area contributed by atoms with E-state index in [1.807, 2.05) is 6.92 Å². The number of nitrogens with one attached hydrogen (secondary N) is 1. The number of carbonyl (C=O) groups excluding carboxylic acids is 2. The van der Waals surface area contributed by atoms with Crippen LogP contribution < -0.4 is 15.2 Å². The van der Waals surface area contributed by atoms with Crippen molar-refractivity contribution < 1.29 is 19.4 Å².